The van der Waals surface area contributed by atoms with Gasteiger partial charge in [0.05, 0.1) is 26.3 Å². The summed E-state index contributed by atoms with van der Waals surface area (Å²) in [7, 11) is 2.89. The summed E-state index contributed by atoms with van der Waals surface area (Å²) in [6.45, 7) is 1.26. The molecule has 1 fully saturated rings. The molecule has 1 aliphatic heterocycles. The number of ether oxygens (including phenoxy) is 2. The van der Waals surface area contributed by atoms with Gasteiger partial charge in [0, 0.05) is 13.1 Å². The van der Waals surface area contributed by atoms with Crippen LogP contribution in [0.5, 0.6) is 6.01 Å². The highest BCUT2D eigenvalue weighted by molar-refractivity contribution is 6.32. The number of hydrogen-bond donors (Lipinski definition) is 0. The maximum Gasteiger partial charge on any atom is 0.318 e. The molecule has 1 unspecified atom stereocenters. The van der Waals surface area contributed by atoms with Crippen molar-refractivity contribution in [1.29, 1.82) is 0 Å². The lowest BCUT2D eigenvalue weighted by molar-refractivity contribution is -0.144. The first-order chi connectivity index (χ1) is 8.65. The van der Waals surface area contributed by atoms with Gasteiger partial charge in [0.15, 0.2) is 5.82 Å². The number of carbonyl (C=O) groups is 1. The molecule has 18 heavy (non-hydrogen) atoms. The predicted molar refractivity (Wildman–Crippen MR) is 65.9 cm³/mol. The van der Waals surface area contributed by atoms with Gasteiger partial charge < -0.3 is 14.4 Å². The Morgan fingerprint density at radius 1 is 1.56 bits per heavy atom. The summed E-state index contributed by atoms with van der Waals surface area (Å²) in [6, 6.07) is 0.260. The highest BCUT2D eigenvalue weighted by Crippen LogP contribution is 2.29. The van der Waals surface area contributed by atoms with E-state index in [9.17, 15) is 4.79 Å². The molecule has 0 saturated carbocycles. The fourth-order valence-electron chi connectivity index (χ4n) is 1.97. The van der Waals surface area contributed by atoms with Crippen molar-refractivity contribution in [2.45, 2.75) is 6.42 Å². The van der Waals surface area contributed by atoms with E-state index in [-0.39, 0.29) is 17.9 Å². The fraction of sp³-hybridized carbons (Fsp3) is 0.545. The molecule has 0 aliphatic carbocycles. The molecule has 1 aromatic rings. The van der Waals surface area contributed by atoms with Crippen LogP contribution in [0.25, 0.3) is 0 Å². The Morgan fingerprint density at radius 3 is 3.00 bits per heavy atom. The van der Waals surface area contributed by atoms with Gasteiger partial charge in [-0.05, 0) is 6.42 Å². The summed E-state index contributed by atoms with van der Waals surface area (Å²) in [5.41, 5.74) is 0. The second-order valence-electron chi connectivity index (χ2n) is 3.98. The molecule has 7 heteroatoms. The zero-order chi connectivity index (χ0) is 13.1. The molecule has 0 amide bonds. The van der Waals surface area contributed by atoms with Crippen LogP contribution in [-0.4, -0.2) is 43.2 Å². The summed E-state index contributed by atoms with van der Waals surface area (Å²) < 4.78 is 9.70. The first-order valence-electron chi connectivity index (χ1n) is 5.55. The van der Waals surface area contributed by atoms with Crippen LogP contribution in [0.1, 0.15) is 6.42 Å². The first kappa shape index (κ1) is 12.9. The number of anilines is 1. The molecular formula is C11H14ClN3O3. The molecule has 1 atom stereocenters. The summed E-state index contributed by atoms with van der Waals surface area (Å²) in [6.07, 6.45) is 2.23. The monoisotopic (exact) mass is 271 g/mol. The van der Waals surface area contributed by atoms with Gasteiger partial charge in [-0.2, -0.15) is 4.98 Å². The van der Waals surface area contributed by atoms with E-state index in [2.05, 4.69) is 9.97 Å². The second kappa shape index (κ2) is 5.39. The van der Waals surface area contributed by atoms with Crippen molar-refractivity contribution in [3.05, 3.63) is 11.2 Å². The van der Waals surface area contributed by atoms with Gasteiger partial charge in [0.1, 0.15) is 5.02 Å². The number of rotatable bonds is 3. The molecule has 0 spiro atoms. The van der Waals surface area contributed by atoms with E-state index >= 15 is 0 Å². The fourth-order valence-corrected chi connectivity index (χ4v) is 2.18. The zero-order valence-electron chi connectivity index (χ0n) is 10.2. The quantitative estimate of drug-likeness (QED) is 0.768. The Bertz CT molecular complexity index is 455. The molecule has 0 radical (unpaired) electrons. The molecule has 0 aromatic carbocycles. The molecule has 1 aliphatic rings. The Balaban J connectivity index is 2.16. The average molecular weight is 272 g/mol. The van der Waals surface area contributed by atoms with Crippen LogP contribution < -0.4 is 9.64 Å². The smallest absolute Gasteiger partial charge is 0.318 e. The molecule has 98 valence electrons. The van der Waals surface area contributed by atoms with Crippen LogP contribution in [0.4, 0.5) is 5.82 Å². The molecule has 0 N–H and O–H groups in total. The van der Waals surface area contributed by atoms with Crippen LogP contribution in [0.3, 0.4) is 0 Å². The SMILES string of the molecule is COC(=O)C1CCN(c2nc(OC)ncc2Cl)C1. The third-order valence-electron chi connectivity index (χ3n) is 2.91. The van der Waals surface area contributed by atoms with Crippen LogP contribution in [-0.2, 0) is 9.53 Å². The van der Waals surface area contributed by atoms with Crippen molar-refractivity contribution in [3.63, 3.8) is 0 Å². The normalized spacial score (nSPS) is 18.8. The standard InChI is InChI=1S/C11H14ClN3O3/c1-17-10(16)7-3-4-15(6-7)9-8(12)5-13-11(14-9)18-2/h5,7H,3-4,6H2,1-2H3. The van der Waals surface area contributed by atoms with E-state index in [4.69, 9.17) is 21.1 Å². The van der Waals surface area contributed by atoms with Crippen molar-refractivity contribution in [3.8, 4) is 6.01 Å². The summed E-state index contributed by atoms with van der Waals surface area (Å²) in [5.74, 6) is 0.261. The lowest BCUT2D eigenvalue weighted by Gasteiger charge is -2.18. The Kier molecular flexibility index (Phi) is 3.86. The summed E-state index contributed by atoms with van der Waals surface area (Å²) >= 11 is 6.06. The number of nitrogens with zero attached hydrogens (tertiary/aromatic N) is 3. The highest BCUT2D eigenvalue weighted by atomic mass is 35.5. The molecule has 2 rings (SSSR count). The molecule has 2 heterocycles. The molecule has 0 bridgehead atoms. The molecule has 1 aromatic heterocycles. The van der Waals surface area contributed by atoms with Crippen LogP contribution in [0.2, 0.25) is 5.02 Å². The largest absolute Gasteiger partial charge is 0.469 e. The minimum Gasteiger partial charge on any atom is -0.469 e. The summed E-state index contributed by atoms with van der Waals surface area (Å²) in [5, 5.41) is 0.446. The second-order valence-corrected chi connectivity index (χ2v) is 4.39. The summed E-state index contributed by atoms with van der Waals surface area (Å²) in [4.78, 5) is 21.5. The number of carbonyl (C=O) groups excluding carboxylic acids is 1. The predicted octanol–water partition coefficient (Wildman–Crippen LogP) is 1.14. The van der Waals surface area contributed by atoms with Crippen molar-refractivity contribution >= 4 is 23.4 Å². The van der Waals surface area contributed by atoms with E-state index in [0.29, 0.717) is 23.9 Å². The van der Waals surface area contributed by atoms with E-state index in [1.165, 1.54) is 20.4 Å². The van der Waals surface area contributed by atoms with Crippen molar-refractivity contribution in [1.82, 2.24) is 9.97 Å². The Labute approximate surface area is 110 Å². The first-order valence-corrected chi connectivity index (χ1v) is 5.92. The number of halogens is 1. The molecule has 6 nitrogen and oxygen atoms in total. The van der Waals surface area contributed by atoms with Gasteiger partial charge in [-0.1, -0.05) is 11.6 Å². The minimum atomic E-state index is -0.199. The highest BCUT2D eigenvalue weighted by Gasteiger charge is 2.31. The van der Waals surface area contributed by atoms with Gasteiger partial charge in [-0.25, -0.2) is 4.98 Å². The lowest BCUT2D eigenvalue weighted by Crippen LogP contribution is -2.24. The van der Waals surface area contributed by atoms with Gasteiger partial charge in [-0.15, -0.1) is 0 Å². The van der Waals surface area contributed by atoms with Crippen molar-refractivity contribution in [2.24, 2.45) is 5.92 Å². The van der Waals surface area contributed by atoms with E-state index < -0.39 is 0 Å². The van der Waals surface area contributed by atoms with Crippen molar-refractivity contribution < 1.29 is 14.3 Å². The van der Waals surface area contributed by atoms with Gasteiger partial charge in [-0.3, -0.25) is 4.79 Å². The van der Waals surface area contributed by atoms with E-state index in [1.807, 2.05) is 4.90 Å². The Hall–Kier alpha value is -1.56. The third-order valence-corrected chi connectivity index (χ3v) is 3.17. The van der Waals surface area contributed by atoms with Gasteiger partial charge in [0.25, 0.3) is 0 Å². The maximum atomic E-state index is 11.5. The number of hydrogen-bond acceptors (Lipinski definition) is 6. The average Bonchev–Trinajstić information content (AvgIpc) is 2.88. The molecular weight excluding hydrogens is 258 g/mol. The van der Waals surface area contributed by atoms with Gasteiger partial charge in [0.2, 0.25) is 0 Å². The number of esters is 1. The van der Waals surface area contributed by atoms with Crippen molar-refractivity contribution in [2.75, 3.05) is 32.2 Å². The van der Waals surface area contributed by atoms with Crippen LogP contribution in [0.15, 0.2) is 6.20 Å². The van der Waals surface area contributed by atoms with E-state index in [0.717, 1.165) is 6.42 Å². The van der Waals surface area contributed by atoms with Crippen LogP contribution >= 0.6 is 11.6 Å². The van der Waals surface area contributed by atoms with E-state index in [1.54, 1.807) is 0 Å². The number of aromatic nitrogens is 2. The maximum absolute atomic E-state index is 11.5. The Morgan fingerprint density at radius 2 is 2.33 bits per heavy atom. The zero-order valence-corrected chi connectivity index (χ0v) is 11.0. The number of methoxy groups -OCH3 is 2. The molecule has 1 saturated heterocycles. The van der Waals surface area contributed by atoms with Crippen LogP contribution in [0, 0.1) is 5.92 Å². The third kappa shape index (κ3) is 2.48. The van der Waals surface area contributed by atoms with Gasteiger partial charge >= 0.3 is 12.0 Å². The minimum absolute atomic E-state index is 0.132. The topological polar surface area (TPSA) is 64.5 Å². The lowest BCUT2D eigenvalue weighted by atomic mass is 10.1.